The number of benzene rings is 2. The van der Waals surface area contributed by atoms with Crippen LogP contribution in [0.4, 0.5) is 13.2 Å². The summed E-state index contributed by atoms with van der Waals surface area (Å²) in [6.07, 6.45) is 6.87. The second kappa shape index (κ2) is 9.07. The number of rotatable bonds is 7. The van der Waals surface area contributed by atoms with E-state index in [1.807, 2.05) is 6.08 Å². The highest BCUT2D eigenvalue weighted by atomic mass is 19.4. The summed E-state index contributed by atoms with van der Waals surface area (Å²) in [7, 11) is 1.75. The number of hydrogen-bond acceptors (Lipinski definition) is 2. The molecule has 1 N–H and O–H groups in total. The molecule has 0 heterocycles. The Hall–Kier alpha value is -2.27. The van der Waals surface area contributed by atoms with Gasteiger partial charge < -0.3 is 9.84 Å². The van der Waals surface area contributed by atoms with E-state index >= 15 is 0 Å². The highest BCUT2D eigenvalue weighted by molar-refractivity contribution is 5.66. The Morgan fingerprint density at radius 1 is 1.03 bits per heavy atom. The first-order valence-corrected chi connectivity index (χ1v) is 12.4. The Morgan fingerprint density at radius 2 is 1.71 bits per heavy atom. The van der Waals surface area contributed by atoms with E-state index in [-0.39, 0.29) is 12.0 Å². The monoisotopic (exact) mass is 470 g/mol. The molecule has 0 radical (unpaired) electrons. The van der Waals surface area contributed by atoms with Crippen LogP contribution in [0.15, 0.2) is 48.5 Å². The number of ether oxygens (including phenoxy) is 1. The zero-order valence-electron chi connectivity index (χ0n) is 19.7. The summed E-state index contributed by atoms with van der Waals surface area (Å²) in [5.41, 5.74) is 3.06. The number of aryl methyl sites for hydroxylation is 1. The van der Waals surface area contributed by atoms with Crippen LogP contribution in [-0.4, -0.2) is 18.8 Å². The van der Waals surface area contributed by atoms with Gasteiger partial charge in [-0.15, -0.1) is 0 Å². The summed E-state index contributed by atoms with van der Waals surface area (Å²) < 4.78 is 45.1. The van der Waals surface area contributed by atoms with Crippen LogP contribution in [0.1, 0.15) is 67.2 Å². The van der Waals surface area contributed by atoms with Crippen LogP contribution in [-0.2, 0) is 18.0 Å². The van der Waals surface area contributed by atoms with Gasteiger partial charge in [0.15, 0.2) is 0 Å². The average molecular weight is 471 g/mol. The van der Waals surface area contributed by atoms with Crippen molar-refractivity contribution in [2.75, 3.05) is 13.7 Å². The van der Waals surface area contributed by atoms with Gasteiger partial charge in [0, 0.05) is 5.56 Å². The first-order chi connectivity index (χ1) is 16.3. The zero-order chi connectivity index (χ0) is 23.9. The first-order valence-electron chi connectivity index (χ1n) is 12.4. The minimum Gasteiger partial charge on any atom is -0.496 e. The van der Waals surface area contributed by atoms with E-state index in [9.17, 15) is 18.3 Å². The minimum absolute atomic E-state index is 0.236. The van der Waals surface area contributed by atoms with Crippen molar-refractivity contribution in [1.82, 2.24) is 0 Å². The molecule has 6 rings (SSSR count). The maximum absolute atomic E-state index is 13.1. The Balaban J connectivity index is 1.35. The van der Waals surface area contributed by atoms with Gasteiger partial charge >= 0.3 is 6.18 Å². The molecule has 4 saturated carbocycles. The van der Waals surface area contributed by atoms with Crippen LogP contribution >= 0.6 is 0 Å². The number of allylic oxidation sites excluding steroid dienone is 1. The van der Waals surface area contributed by atoms with Crippen molar-refractivity contribution >= 4 is 5.57 Å². The summed E-state index contributed by atoms with van der Waals surface area (Å²) in [6, 6.07) is 11.7. The molecule has 4 aliphatic carbocycles. The lowest BCUT2D eigenvalue weighted by Crippen LogP contribution is -2.48. The van der Waals surface area contributed by atoms with E-state index < -0.39 is 11.7 Å². The number of halogens is 3. The number of methoxy groups -OCH3 is 1. The predicted molar refractivity (Wildman–Crippen MR) is 128 cm³/mol. The third-order valence-electron chi connectivity index (χ3n) is 8.43. The molecule has 34 heavy (non-hydrogen) atoms. The highest BCUT2D eigenvalue weighted by Crippen LogP contribution is 2.62. The number of aliphatic hydroxyl groups is 1. The summed E-state index contributed by atoms with van der Waals surface area (Å²) >= 11 is 0. The fourth-order valence-electron chi connectivity index (χ4n) is 7.35. The fraction of sp³-hybridized carbons (Fsp3) is 0.517. The predicted octanol–water partition coefficient (Wildman–Crippen LogP) is 7.19. The van der Waals surface area contributed by atoms with Gasteiger partial charge in [-0.25, -0.2) is 0 Å². The molecule has 0 unspecified atom stereocenters. The van der Waals surface area contributed by atoms with Crippen molar-refractivity contribution in [3.8, 4) is 5.75 Å². The highest BCUT2D eigenvalue weighted by Gasteiger charge is 2.52. The Bertz CT molecular complexity index is 1030. The van der Waals surface area contributed by atoms with E-state index in [4.69, 9.17) is 4.74 Å². The number of aliphatic hydroxyl groups excluding tert-OH is 1. The van der Waals surface area contributed by atoms with E-state index in [1.54, 1.807) is 13.2 Å². The van der Waals surface area contributed by atoms with Crippen LogP contribution in [0.2, 0.25) is 0 Å². The largest absolute Gasteiger partial charge is 0.496 e. The SMILES string of the molecule is COc1ccc(CCC=C(CO)c2cccc(C(F)(F)F)c2)cc1C12CC3CC(CC(C3)C1)C2. The summed E-state index contributed by atoms with van der Waals surface area (Å²) in [6.45, 7) is -0.289. The molecule has 182 valence electrons. The van der Waals surface area contributed by atoms with Gasteiger partial charge in [-0.1, -0.05) is 30.3 Å². The van der Waals surface area contributed by atoms with Gasteiger partial charge in [-0.05, 0) is 109 Å². The van der Waals surface area contributed by atoms with Crippen LogP contribution in [0, 0.1) is 17.8 Å². The fourth-order valence-corrected chi connectivity index (χ4v) is 7.35. The lowest BCUT2D eigenvalue weighted by Gasteiger charge is -2.57. The molecule has 0 amide bonds. The second-order valence-electron chi connectivity index (χ2n) is 10.7. The topological polar surface area (TPSA) is 29.5 Å². The van der Waals surface area contributed by atoms with Crippen LogP contribution in [0.5, 0.6) is 5.75 Å². The van der Waals surface area contributed by atoms with Gasteiger partial charge in [0.1, 0.15) is 5.75 Å². The average Bonchev–Trinajstić information content (AvgIpc) is 2.80. The number of alkyl halides is 3. The standard InChI is InChI=1S/C29H33F3O2/c1-34-27-9-8-19(13-26(27)28-15-20-10-21(16-28)12-22(11-20)17-28)4-2-6-24(18-33)23-5-3-7-25(14-23)29(30,31)32/h3,5-9,13-14,20-22,33H,2,4,10-12,15-18H2,1H3. The Morgan fingerprint density at radius 3 is 2.29 bits per heavy atom. The smallest absolute Gasteiger partial charge is 0.416 e. The molecule has 0 aliphatic heterocycles. The third-order valence-corrected chi connectivity index (χ3v) is 8.43. The van der Waals surface area contributed by atoms with Crippen molar-refractivity contribution < 1.29 is 23.0 Å². The molecule has 2 aromatic carbocycles. The summed E-state index contributed by atoms with van der Waals surface area (Å²) in [5.74, 6) is 3.53. The molecule has 0 saturated heterocycles. The van der Waals surface area contributed by atoms with Crippen molar-refractivity contribution in [3.63, 3.8) is 0 Å². The lowest BCUT2D eigenvalue weighted by atomic mass is 9.48. The quantitative estimate of drug-likeness (QED) is 0.464. The van der Waals surface area contributed by atoms with E-state index in [2.05, 4.69) is 18.2 Å². The maximum atomic E-state index is 13.1. The third kappa shape index (κ3) is 4.51. The molecular formula is C29H33F3O2. The molecule has 2 aromatic rings. The van der Waals surface area contributed by atoms with Crippen molar-refractivity contribution in [3.05, 3.63) is 70.8 Å². The molecule has 2 nitrogen and oxygen atoms in total. The summed E-state index contributed by atoms with van der Waals surface area (Å²) in [5, 5.41) is 9.81. The van der Waals surface area contributed by atoms with E-state index in [1.165, 1.54) is 55.7 Å². The number of hydrogen-bond donors (Lipinski definition) is 1. The van der Waals surface area contributed by atoms with Crippen LogP contribution < -0.4 is 4.74 Å². The van der Waals surface area contributed by atoms with Crippen molar-refractivity contribution in [1.29, 1.82) is 0 Å². The molecule has 4 aliphatic rings. The second-order valence-corrected chi connectivity index (χ2v) is 10.7. The molecule has 4 bridgehead atoms. The Kier molecular flexibility index (Phi) is 6.26. The van der Waals surface area contributed by atoms with Gasteiger partial charge in [-0.2, -0.15) is 13.2 Å². The van der Waals surface area contributed by atoms with Gasteiger partial charge in [-0.3, -0.25) is 0 Å². The van der Waals surface area contributed by atoms with Gasteiger partial charge in [0.2, 0.25) is 0 Å². The minimum atomic E-state index is -4.40. The molecule has 0 atom stereocenters. The van der Waals surface area contributed by atoms with Gasteiger partial charge in [0.25, 0.3) is 0 Å². The van der Waals surface area contributed by atoms with E-state index in [0.717, 1.165) is 42.1 Å². The molecule has 0 aromatic heterocycles. The maximum Gasteiger partial charge on any atom is 0.416 e. The summed E-state index contributed by atoms with van der Waals surface area (Å²) in [4.78, 5) is 0. The molecule has 0 spiro atoms. The van der Waals surface area contributed by atoms with Crippen LogP contribution in [0.3, 0.4) is 0 Å². The molecule has 5 heteroatoms. The zero-order valence-corrected chi connectivity index (χ0v) is 19.7. The first kappa shape index (κ1) is 23.5. The van der Waals surface area contributed by atoms with E-state index in [0.29, 0.717) is 17.6 Å². The van der Waals surface area contributed by atoms with Crippen molar-refractivity contribution in [2.45, 2.75) is 63.0 Å². The Labute approximate surface area is 199 Å². The normalized spacial score (nSPS) is 28.4. The van der Waals surface area contributed by atoms with Crippen LogP contribution in [0.25, 0.3) is 5.57 Å². The van der Waals surface area contributed by atoms with Crippen molar-refractivity contribution in [2.24, 2.45) is 17.8 Å². The molecule has 4 fully saturated rings. The molecular weight excluding hydrogens is 437 g/mol. The van der Waals surface area contributed by atoms with Gasteiger partial charge in [0.05, 0.1) is 19.3 Å². The lowest BCUT2D eigenvalue weighted by molar-refractivity contribution is -0.137.